The molecule has 1 N–H and O–H groups in total. The zero-order valence-electron chi connectivity index (χ0n) is 14.0. The van der Waals surface area contributed by atoms with Gasteiger partial charge in [-0.15, -0.1) is 0 Å². The Bertz CT molecular complexity index is 706. The van der Waals surface area contributed by atoms with Crippen molar-refractivity contribution < 1.29 is 9.59 Å². The lowest BCUT2D eigenvalue weighted by Gasteiger charge is -2.35. The fourth-order valence-electron chi connectivity index (χ4n) is 3.31. The van der Waals surface area contributed by atoms with Crippen LogP contribution in [0.25, 0.3) is 0 Å². The van der Waals surface area contributed by atoms with E-state index in [0.717, 1.165) is 24.0 Å². The first-order valence-corrected chi connectivity index (χ1v) is 8.53. The third kappa shape index (κ3) is 3.91. The van der Waals surface area contributed by atoms with Crippen LogP contribution in [0.3, 0.4) is 0 Å². The Morgan fingerprint density at radius 3 is 2.25 bits per heavy atom. The second kappa shape index (κ2) is 7.43. The Labute approximate surface area is 143 Å². The molecule has 1 amide bonds. The fraction of sp³-hybridized carbons (Fsp3) is 0.333. The molecular weight excluding hydrogens is 298 g/mol. The summed E-state index contributed by atoms with van der Waals surface area (Å²) in [6.45, 7) is 2.24. The zero-order valence-corrected chi connectivity index (χ0v) is 14.0. The minimum absolute atomic E-state index is 0.0249. The van der Waals surface area contributed by atoms with Gasteiger partial charge in [0.15, 0.2) is 0 Å². The minimum Gasteiger partial charge on any atom is -0.352 e. The van der Waals surface area contributed by atoms with E-state index in [2.05, 4.69) is 17.4 Å². The molecule has 24 heavy (non-hydrogen) atoms. The maximum absolute atomic E-state index is 12.1. The van der Waals surface area contributed by atoms with E-state index in [0.29, 0.717) is 18.9 Å². The predicted molar refractivity (Wildman–Crippen MR) is 94.6 cm³/mol. The van der Waals surface area contributed by atoms with Gasteiger partial charge in [-0.3, -0.25) is 9.59 Å². The molecule has 2 atom stereocenters. The van der Waals surface area contributed by atoms with Gasteiger partial charge in [-0.25, -0.2) is 0 Å². The highest BCUT2D eigenvalue weighted by molar-refractivity contribution is 5.80. The summed E-state index contributed by atoms with van der Waals surface area (Å²) < 4.78 is 0. The largest absolute Gasteiger partial charge is 0.352 e. The summed E-state index contributed by atoms with van der Waals surface area (Å²) in [5, 5.41) is 2.95. The Morgan fingerprint density at radius 2 is 1.67 bits per heavy atom. The molecule has 3 rings (SSSR count). The number of carbonyl (C=O) groups excluding carboxylic acids is 2. The first-order chi connectivity index (χ1) is 11.6. The molecule has 2 aromatic rings. The van der Waals surface area contributed by atoms with Crippen LogP contribution in [-0.2, 0) is 22.6 Å². The van der Waals surface area contributed by atoms with Gasteiger partial charge < -0.3 is 5.32 Å². The molecule has 0 saturated heterocycles. The van der Waals surface area contributed by atoms with E-state index in [1.54, 1.807) is 6.92 Å². The molecule has 1 aliphatic rings. The van der Waals surface area contributed by atoms with Crippen molar-refractivity contribution >= 4 is 11.7 Å². The van der Waals surface area contributed by atoms with Crippen LogP contribution in [0.15, 0.2) is 54.6 Å². The van der Waals surface area contributed by atoms with Gasteiger partial charge in [0, 0.05) is 12.5 Å². The maximum Gasteiger partial charge on any atom is 0.224 e. The molecule has 3 heteroatoms. The lowest BCUT2D eigenvalue weighted by atomic mass is 9.68. The molecule has 0 aliphatic heterocycles. The summed E-state index contributed by atoms with van der Waals surface area (Å²) in [7, 11) is 0. The molecule has 1 saturated carbocycles. The van der Waals surface area contributed by atoms with Crippen molar-refractivity contribution in [3.05, 3.63) is 71.3 Å². The molecular formula is C21H23NO2. The van der Waals surface area contributed by atoms with Crippen LogP contribution in [0, 0.1) is 5.92 Å². The normalized spacial score (nSPS) is 19.4. The fourth-order valence-corrected chi connectivity index (χ4v) is 3.31. The number of nitrogens with one attached hydrogen (secondary N) is 1. The summed E-state index contributed by atoms with van der Waals surface area (Å²) in [5.41, 5.74) is 3.32. The first kappa shape index (κ1) is 16.4. The number of rotatable bonds is 6. The van der Waals surface area contributed by atoms with Gasteiger partial charge in [-0.1, -0.05) is 54.6 Å². The van der Waals surface area contributed by atoms with Crippen LogP contribution >= 0.6 is 0 Å². The Morgan fingerprint density at radius 1 is 0.958 bits per heavy atom. The highest BCUT2D eigenvalue weighted by atomic mass is 16.1. The van der Waals surface area contributed by atoms with Crippen molar-refractivity contribution in [2.24, 2.45) is 5.92 Å². The van der Waals surface area contributed by atoms with Gasteiger partial charge in [0.2, 0.25) is 5.91 Å². The third-order valence-corrected chi connectivity index (χ3v) is 4.90. The number of benzene rings is 2. The van der Waals surface area contributed by atoms with E-state index in [4.69, 9.17) is 0 Å². The van der Waals surface area contributed by atoms with E-state index >= 15 is 0 Å². The van der Waals surface area contributed by atoms with Crippen LogP contribution < -0.4 is 5.32 Å². The average Bonchev–Trinajstić information content (AvgIpc) is 2.54. The maximum atomic E-state index is 12.1. The molecule has 124 valence electrons. The van der Waals surface area contributed by atoms with Crippen molar-refractivity contribution in [1.82, 2.24) is 5.32 Å². The van der Waals surface area contributed by atoms with Gasteiger partial charge in [-0.05, 0) is 42.4 Å². The first-order valence-electron chi connectivity index (χ1n) is 8.53. The molecule has 0 radical (unpaired) electrons. The summed E-state index contributed by atoms with van der Waals surface area (Å²) in [6.07, 6.45) is 2.47. The average molecular weight is 321 g/mol. The number of hydrogen-bond acceptors (Lipinski definition) is 2. The van der Waals surface area contributed by atoms with Crippen molar-refractivity contribution in [2.45, 2.75) is 38.6 Å². The predicted octanol–water partition coefficient (Wildman–Crippen LogP) is 3.63. The highest BCUT2D eigenvalue weighted by Crippen LogP contribution is 2.42. The van der Waals surface area contributed by atoms with E-state index in [-0.39, 0.29) is 17.6 Å². The SMILES string of the molecule is CC(=O)C1CC[C@H]1c1ccc(CC(=O)NCc2ccccc2)cc1. The van der Waals surface area contributed by atoms with Gasteiger partial charge >= 0.3 is 0 Å². The van der Waals surface area contributed by atoms with E-state index in [1.165, 1.54) is 5.56 Å². The van der Waals surface area contributed by atoms with E-state index in [1.807, 2.05) is 42.5 Å². The van der Waals surface area contributed by atoms with Gasteiger partial charge in [0.05, 0.1) is 6.42 Å². The molecule has 1 unspecified atom stereocenters. The third-order valence-electron chi connectivity index (χ3n) is 4.90. The number of hydrogen-bond donors (Lipinski definition) is 1. The van der Waals surface area contributed by atoms with Crippen LogP contribution in [0.2, 0.25) is 0 Å². The smallest absolute Gasteiger partial charge is 0.224 e. The second-order valence-corrected chi connectivity index (χ2v) is 6.58. The summed E-state index contributed by atoms with van der Waals surface area (Å²) in [6, 6.07) is 18.0. The van der Waals surface area contributed by atoms with Gasteiger partial charge in [0.1, 0.15) is 5.78 Å². The van der Waals surface area contributed by atoms with E-state index < -0.39 is 0 Å². The Hall–Kier alpha value is -2.42. The standard InChI is InChI=1S/C21H23NO2/c1-15(23)19-11-12-20(19)18-9-7-16(8-10-18)13-21(24)22-14-17-5-3-2-4-6-17/h2-10,19-20H,11-14H2,1H3,(H,22,24)/t19?,20-/m0/s1. The number of amides is 1. The topological polar surface area (TPSA) is 46.2 Å². The number of carbonyl (C=O) groups is 2. The van der Waals surface area contributed by atoms with Gasteiger partial charge in [0.25, 0.3) is 0 Å². The molecule has 2 aromatic carbocycles. The lowest BCUT2D eigenvalue weighted by Crippen LogP contribution is -2.29. The quantitative estimate of drug-likeness (QED) is 0.883. The number of ketones is 1. The minimum atomic E-state index is 0.0249. The summed E-state index contributed by atoms with van der Waals surface area (Å²) >= 11 is 0. The van der Waals surface area contributed by atoms with Crippen molar-refractivity contribution in [3.63, 3.8) is 0 Å². The van der Waals surface area contributed by atoms with Crippen molar-refractivity contribution in [1.29, 1.82) is 0 Å². The molecule has 3 nitrogen and oxygen atoms in total. The molecule has 0 heterocycles. The van der Waals surface area contributed by atoms with Crippen LogP contribution in [0.1, 0.15) is 42.4 Å². The second-order valence-electron chi connectivity index (χ2n) is 6.58. The monoisotopic (exact) mass is 321 g/mol. The molecule has 1 aliphatic carbocycles. The summed E-state index contributed by atoms with van der Waals surface area (Å²) in [5.74, 6) is 0.862. The Balaban J connectivity index is 1.52. The lowest BCUT2D eigenvalue weighted by molar-refractivity contribution is -0.124. The van der Waals surface area contributed by atoms with E-state index in [9.17, 15) is 9.59 Å². The van der Waals surface area contributed by atoms with Crippen LogP contribution in [-0.4, -0.2) is 11.7 Å². The number of Topliss-reactive ketones (excluding diaryl/α,β-unsaturated/α-hetero) is 1. The zero-order chi connectivity index (χ0) is 16.9. The van der Waals surface area contributed by atoms with Gasteiger partial charge in [-0.2, -0.15) is 0 Å². The van der Waals surface area contributed by atoms with Crippen LogP contribution in [0.5, 0.6) is 0 Å². The van der Waals surface area contributed by atoms with Crippen molar-refractivity contribution in [3.8, 4) is 0 Å². The Kier molecular flexibility index (Phi) is 5.09. The highest BCUT2D eigenvalue weighted by Gasteiger charge is 2.35. The van der Waals surface area contributed by atoms with Crippen LogP contribution in [0.4, 0.5) is 0 Å². The van der Waals surface area contributed by atoms with Crippen molar-refractivity contribution in [2.75, 3.05) is 0 Å². The molecule has 0 aromatic heterocycles. The summed E-state index contributed by atoms with van der Waals surface area (Å²) in [4.78, 5) is 23.6. The molecule has 1 fully saturated rings. The molecule has 0 spiro atoms. The molecule has 0 bridgehead atoms.